The van der Waals surface area contributed by atoms with E-state index in [9.17, 15) is 25.0 Å². The Morgan fingerprint density at radius 2 is 1.19 bits per heavy atom. The number of hydrogen-bond acceptors (Lipinski definition) is 8. The molecule has 10 heteroatoms. The smallest absolute Gasteiger partial charge is 0.284 e. The minimum absolute atomic E-state index is 0.0525. The fourth-order valence-corrected chi connectivity index (χ4v) is 2.57. The van der Waals surface area contributed by atoms with Gasteiger partial charge >= 0.3 is 0 Å². The van der Waals surface area contributed by atoms with Crippen molar-refractivity contribution < 1.29 is 28.9 Å². The summed E-state index contributed by atoms with van der Waals surface area (Å²) in [7, 11) is 3.94. The summed E-state index contributed by atoms with van der Waals surface area (Å²) in [6.07, 6.45) is 0. The Morgan fingerprint density at radius 1 is 0.778 bits per heavy atom. The molecule has 0 amide bonds. The van der Waals surface area contributed by atoms with E-state index >= 15 is 0 Å². The number of methoxy groups -OCH3 is 3. The van der Waals surface area contributed by atoms with Crippen molar-refractivity contribution in [2.45, 2.75) is 6.92 Å². The third-order valence-corrected chi connectivity index (χ3v) is 3.90. The van der Waals surface area contributed by atoms with Crippen LogP contribution in [0.4, 0.5) is 11.4 Å². The Labute approximate surface area is 153 Å². The molecule has 0 spiro atoms. The molecule has 0 saturated carbocycles. The van der Waals surface area contributed by atoms with Crippen molar-refractivity contribution in [1.82, 2.24) is 0 Å². The Hall–Kier alpha value is -3.69. The minimum atomic E-state index is -0.910. The van der Waals surface area contributed by atoms with Gasteiger partial charge in [0.1, 0.15) is 16.9 Å². The van der Waals surface area contributed by atoms with Crippen LogP contribution in [-0.2, 0) is 0 Å². The minimum Gasteiger partial charge on any atom is -0.496 e. The van der Waals surface area contributed by atoms with Gasteiger partial charge in [-0.15, -0.1) is 0 Å². The summed E-state index contributed by atoms with van der Waals surface area (Å²) >= 11 is 0. The molecule has 0 heterocycles. The number of nitro benzene ring substituents is 2. The maximum atomic E-state index is 13.0. The monoisotopic (exact) mass is 376 g/mol. The third kappa shape index (κ3) is 3.64. The highest BCUT2D eigenvalue weighted by atomic mass is 16.6. The molecular formula is C17H16N2O8. The van der Waals surface area contributed by atoms with Crippen molar-refractivity contribution >= 4 is 17.2 Å². The molecule has 2 rings (SSSR count). The molecule has 0 aromatic heterocycles. The number of nitrogens with zero attached hydrogens (tertiary/aromatic N) is 2. The van der Waals surface area contributed by atoms with E-state index in [1.54, 1.807) is 6.92 Å². The first-order valence-electron chi connectivity index (χ1n) is 7.53. The van der Waals surface area contributed by atoms with E-state index in [1.165, 1.54) is 33.5 Å². The van der Waals surface area contributed by atoms with E-state index < -0.39 is 27.0 Å². The first-order valence-corrected chi connectivity index (χ1v) is 7.53. The molecule has 0 bridgehead atoms. The van der Waals surface area contributed by atoms with Gasteiger partial charge in [0, 0.05) is 12.1 Å². The van der Waals surface area contributed by atoms with Gasteiger partial charge in [-0.05, 0) is 18.6 Å². The second-order valence-corrected chi connectivity index (χ2v) is 5.41. The van der Waals surface area contributed by atoms with Crippen molar-refractivity contribution in [3.05, 3.63) is 61.2 Å². The van der Waals surface area contributed by atoms with Crippen molar-refractivity contribution in [2.24, 2.45) is 0 Å². The standard InChI is InChI=1S/C17H16N2O8/c1-9-5-12(18(21)22)10(6-14(9)25-2)17(20)11-7-15(26-3)16(27-4)8-13(11)19(23)24/h5-8H,1-4H3. The van der Waals surface area contributed by atoms with E-state index in [0.717, 1.165) is 12.1 Å². The highest BCUT2D eigenvalue weighted by Crippen LogP contribution is 2.37. The molecule has 0 aliphatic heterocycles. The fraction of sp³-hybridized carbons (Fsp3) is 0.235. The van der Waals surface area contributed by atoms with Gasteiger partial charge in [0.25, 0.3) is 11.4 Å². The molecule has 10 nitrogen and oxygen atoms in total. The SMILES string of the molecule is COc1cc(C(=O)c2cc(OC)c(OC)cc2[N+](=O)[O-])c([N+](=O)[O-])cc1C. The number of ether oxygens (including phenoxy) is 3. The normalized spacial score (nSPS) is 10.2. The summed E-state index contributed by atoms with van der Waals surface area (Å²) in [4.78, 5) is 34.3. The molecule has 0 unspecified atom stereocenters. The zero-order valence-corrected chi connectivity index (χ0v) is 15.0. The number of rotatable bonds is 7. The summed E-state index contributed by atoms with van der Waals surface area (Å²) in [6, 6.07) is 4.52. The molecule has 27 heavy (non-hydrogen) atoms. The van der Waals surface area contributed by atoms with Crippen LogP contribution in [0, 0.1) is 27.2 Å². The van der Waals surface area contributed by atoms with Crippen LogP contribution in [0.2, 0.25) is 0 Å². The zero-order chi connectivity index (χ0) is 20.3. The molecule has 0 atom stereocenters. The van der Waals surface area contributed by atoms with Gasteiger partial charge in [0.2, 0.25) is 5.78 Å². The summed E-state index contributed by atoms with van der Waals surface area (Å²) in [6.45, 7) is 1.58. The van der Waals surface area contributed by atoms with Gasteiger partial charge in [-0.1, -0.05) is 0 Å². The number of carbonyl (C=O) groups excluding carboxylic acids is 1. The fourth-order valence-electron chi connectivity index (χ4n) is 2.57. The summed E-state index contributed by atoms with van der Waals surface area (Å²) in [5.74, 6) is -0.537. The summed E-state index contributed by atoms with van der Waals surface area (Å²) in [5, 5.41) is 22.8. The Morgan fingerprint density at radius 3 is 1.63 bits per heavy atom. The largest absolute Gasteiger partial charge is 0.496 e. The lowest BCUT2D eigenvalue weighted by Gasteiger charge is -2.11. The predicted octanol–water partition coefficient (Wildman–Crippen LogP) is 3.07. The van der Waals surface area contributed by atoms with Crippen molar-refractivity contribution in [3.8, 4) is 17.2 Å². The van der Waals surface area contributed by atoms with Gasteiger partial charge in [0.05, 0.1) is 37.2 Å². The lowest BCUT2D eigenvalue weighted by Crippen LogP contribution is -2.10. The molecule has 142 valence electrons. The van der Waals surface area contributed by atoms with Gasteiger partial charge in [-0.3, -0.25) is 25.0 Å². The Kier molecular flexibility index (Phi) is 5.59. The van der Waals surface area contributed by atoms with Crippen LogP contribution in [-0.4, -0.2) is 37.0 Å². The van der Waals surface area contributed by atoms with E-state index in [0.29, 0.717) is 5.56 Å². The van der Waals surface area contributed by atoms with E-state index in [1.807, 2.05) is 0 Å². The number of benzene rings is 2. The first kappa shape index (κ1) is 19.6. The van der Waals surface area contributed by atoms with Crippen molar-refractivity contribution in [2.75, 3.05) is 21.3 Å². The number of carbonyl (C=O) groups is 1. The number of nitro groups is 2. The molecular weight excluding hydrogens is 360 g/mol. The Bertz CT molecular complexity index is 939. The van der Waals surface area contributed by atoms with Crippen LogP contribution in [0.3, 0.4) is 0 Å². The lowest BCUT2D eigenvalue weighted by atomic mass is 9.98. The molecule has 0 N–H and O–H groups in total. The van der Waals surface area contributed by atoms with Crippen molar-refractivity contribution in [3.63, 3.8) is 0 Å². The van der Waals surface area contributed by atoms with Crippen LogP contribution in [0.1, 0.15) is 21.5 Å². The zero-order valence-electron chi connectivity index (χ0n) is 15.0. The number of aryl methyl sites for hydroxylation is 1. The lowest BCUT2D eigenvalue weighted by molar-refractivity contribution is -0.385. The maximum absolute atomic E-state index is 13.0. The molecule has 0 aliphatic carbocycles. The van der Waals surface area contributed by atoms with Crippen LogP contribution >= 0.6 is 0 Å². The Balaban J connectivity index is 2.78. The molecule has 0 aliphatic rings. The van der Waals surface area contributed by atoms with E-state index in [-0.39, 0.29) is 28.4 Å². The highest BCUT2D eigenvalue weighted by Gasteiger charge is 2.30. The molecule has 0 saturated heterocycles. The van der Waals surface area contributed by atoms with Gasteiger partial charge < -0.3 is 14.2 Å². The van der Waals surface area contributed by atoms with Gasteiger partial charge in [-0.25, -0.2) is 0 Å². The topological polar surface area (TPSA) is 131 Å². The van der Waals surface area contributed by atoms with E-state index in [4.69, 9.17) is 14.2 Å². The number of ketones is 1. The van der Waals surface area contributed by atoms with Gasteiger partial charge in [-0.2, -0.15) is 0 Å². The van der Waals surface area contributed by atoms with Crippen molar-refractivity contribution in [1.29, 1.82) is 0 Å². The van der Waals surface area contributed by atoms with Crippen LogP contribution in [0.15, 0.2) is 24.3 Å². The second kappa shape index (κ2) is 7.68. The number of hydrogen-bond donors (Lipinski definition) is 0. The second-order valence-electron chi connectivity index (χ2n) is 5.41. The average Bonchev–Trinajstić information content (AvgIpc) is 2.65. The summed E-state index contributed by atoms with van der Waals surface area (Å²) in [5.41, 5.74) is -1.30. The first-order chi connectivity index (χ1) is 12.7. The average molecular weight is 376 g/mol. The quantitative estimate of drug-likeness (QED) is 0.409. The third-order valence-electron chi connectivity index (χ3n) is 3.90. The summed E-state index contributed by atoms with van der Waals surface area (Å²) < 4.78 is 15.2. The van der Waals surface area contributed by atoms with E-state index in [2.05, 4.69) is 0 Å². The predicted molar refractivity (Wildman–Crippen MR) is 94.0 cm³/mol. The van der Waals surface area contributed by atoms with Crippen LogP contribution in [0.25, 0.3) is 0 Å². The molecule has 0 radical (unpaired) electrons. The van der Waals surface area contributed by atoms with Gasteiger partial charge in [0.15, 0.2) is 11.5 Å². The van der Waals surface area contributed by atoms with Crippen LogP contribution in [0.5, 0.6) is 17.2 Å². The molecule has 2 aromatic rings. The molecule has 2 aromatic carbocycles. The highest BCUT2D eigenvalue weighted by molar-refractivity contribution is 6.14. The maximum Gasteiger partial charge on any atom is 0.284 e. The van der Waals surface area contributed by atoms with Crippen LogP contribution < -0.4 is 14.2 Å². The molecule has 0 fully saturated rings.